The van der Waals surface area contributed by atoms with Crippen molar-refractivity contribution in [2.45, 2.75) is 26.7 Å². The third-order valence-corrected chi connectivity index (χ3v) is 3.80. The van der Waals surface area contributed by atoms with E-state index in [0.29, 0.717) is 17.5 Å². The van der Waals surface area contributed by atoms with Crippen molar-refractivity contribution in [1.29, 1.82) is 0 Å². The minimum atomic E-state index is -0.622. The first kappa shape index (κ1) is 20.2. The predicted octanol–water partition coefficient (Wildman–Crippen LogP) is 3.87. The number of ether oxygens (including phenoxy) is 4. The van der Waals surface area contributed by atoms with Crippen LogP contribution in [0.15, 0.2) is 30.5 Å². The SMILES string of the molecule is CO/C=C(\C(=O)OC)c1c(OC)nc(C)nc1Oc1cccc(C(C)C)c1. The van der Waals surface area contributed by atoms with Crippen LogP contribution in [0.1, 0.15) is 36.7 Å². The number of nitrogens with zero attached hydrogens (tertiary/aromatic N) is 2. The molecule has 0 unspecified atom stereocenters. The first-order valence-corrected chi connectivity index (χ1v) is 8.43. The Bertz CT molecular complexity index is 846. The Morgan fingerprint density at radius 2 is 1.81 bits per heavy atom. The van der Waals surface area contributed by atoms with Gasteiger partial charge in [-0.1, -0.05) is 26.0 Å². The van der Waals surface area contributed by atoms with Gasteiger partial charge in [-0.05, 0) is 30.5 Å². The van der Waals surface area contributed by atoms with Crippen LogP contribution in [0.2, 0.25) is 0 Å². The molecule has 0 saturated heterocycles. The van der Waals surface area contributed by atoms with Gasteiger partial charge in [0.15, 0.2) is 0 Å². The Balaban J connectivity index is 2.61. The topological polar surface area (TPSA) is 79.8 Å². The van der Waals surface area contributed by atoms with Gasteiger partial charge >= 0.3 is 5.97 Å². The summed E-state index contributed by atoms with van der Waals surface area (Å²) in [5.74, 6) is 1.11. The highest BCUT2D eigenvalue weighted by atomic mass is 16.5. The molecule has 0 aliphatic heterocycles. The van der Waals surface area contributed by atoms with Crippen LogP contribution < -0.4 is 9.47 Å². The van der Waals surface area contributed by atoms with Crippen molar-refractivity contribution in [3.63, 3.8) is 0 Å². The van der Waals surface area contributed by atoms with Gasteiger partial charge in [-0.25, -0.2) is 4.79 Å². The first-order valence-electron chi connectivity index (χ1n) is 8.43. The van der Waals surface area contributed by atoms with Crippen LogP contribution in [0.4, 0.5) is 0 Å². The van der Waals surface area contributed by atoms with E-state index in [1.165, 1.54) is 27.6 Å². The fraction of sp³-hybridized carbons (Fsp3) is 0.350. The molecule has 7 heteroatoms. The van der Waals surface area contributed by atoms with E-state index in [0.717, 1.165) is 5.56 Å². The Hall–Kier alpha value is -3.09. The van der Waals surface area contributed by atoms with Gasteiger partial charge in [0.05, 0.1) is 27.6 Å². The van der Waals surface area contributed by atoms with Gasteiger partial charge in [-0.15, -0.1) is 0 Å². The lowest BCUT2D eigenvalue weighted by molar-refractivity contribution is -0.133. The van der Waals surface area contributed by atoms with Crippen LogP contribution >= 0.6 is 0 Å². The highest BCUT2D eigenvalue weighted by Gasteiger charge is 2.26. The van der Waals surface area contributed by atoms with Crippen LogP contribution in [0, 0.1) is 6.92 Å². The highest BCUT2D eigenvalue weighted by molar-refractivity contribution is 6.17. The fourth-order valence-corrected chi connectivity index (χ4v) is 2.46. The Morgan fingerprint density at radius 1 is 1.11 bits per heavy atom. The summed E-state index contributed by atoms with van der Waals surface area (Å²) in [5, 5.41) is 0. The third-order valence-electron chi connectivity index (χ3n) is 3.80. The average molecular weight is 372 g/mol. The molecule has 0 fully saturated rings. The van der Waals surface area contributed by atoms with Crippen molar-refractivity contribution in [3.8, 4) is 17.5 Å². The van der Waals surface area contributed by atoms with Crippen molar-refractivity contribution in [1.82, 2.24) is 9.97 Å². The second-order valence-corrected chi connectivity index (χ2v) is 6.05. The predicted molar refractivity (Wildman–Crippen MR) is 101 cm³/mol. The van der Waals surface area contributed by atoms with Gasteiger partial charge in [0.2, 0.25) is 11.8 Å². The first-order chi connectivity index (χ1) is 12.9. The molecule has 0 atom stereocenters. The normalized spacial score (nSPS) is 11.3. The zero-order valence-electron chi connectivity index (χ0n) is 16.4. The maximum atomic E-state index is 12.3. The maximum absolute atomic E-state index is 12.3. The van der Waals surface area contributed by atoms with E-state index in [9.17, 15) is 4.79 Å². The molecule has 1 heterocycles. The summed E-state index contributed by atoms with van der Waals surface area (Å²) in [6, 6.07) is 7.67. The molecule has 1 aromatic carbocycles. The molecule has 2 rings (SSSR count). The molecule has 0 aliphatic rings. The van der Waals surface area contributed by atoms with E-state index in [1.807, 2.05) is 24.3 Å². The van der Waals surface area contributed by atoms with E-state index >= 15 is 0 Å². The quantitative estimate of drug-likeness (QED) is 0.415. The number of hydrogen-bond acceptors (Lipinski definition) is 7. The van der Waals surface area contributed by atoms with Crippen molar-refractivity contribution >= 4 is 11.5 Å². The minimum absolute atomic E-state index is 0.0897. The molecule has 0 N–H and O–H groups in total. The molecule has 0 saturated carbocycles. The molecule has 1 aromatic heterocycles. The third kappa shape index (κ3) is 4.75. The average Bonchev–Trinajstić information content (AvgIpc) is 2.65. The molecule has 0 aliphatic carbocycles. The van der Waals surface area contributed by atoms with E-state index in [4.69, 9.17) is 18.9 Å². The molecule has 2 aromatic rings. The summed E-state index contributed by atoms with van der Waals surface area (Å²) in [4.78, 5) is 20.9. The lowest BCUT2D eigenvalue weighted by atomic mass is 10.0. The van der Waals surface area contributed by atoms with E-state index in [1.54, 1.807) is 6.92 Å². The van der Waals surface area contributed by atoms with E-state index in [-0.39, 0.29) is 22.9 Å². The Kier molecular flexibility index (Phi) is 6.76. The van der Waals surface area contributed by atoms with Crippen LogP contribution in [0.5, 0.6) is 17.5 Å². The largest absolute Gasteiger partial charge is 0.503 e. The van der Waals surface area contributed by atoms with Crippen molar-refractivity contribution in [3.05, 3.63) is 47.5 Å². The van der Waals surface area contributed by atoms with Gasteiger partial charge in [0, 0.05) is 0 Å². The molecular weight excluding hydrogens is 348 g/mol. The van der Waals surface area contributed by atoms with Crippen LogP contribution in [0.25, 0.3) is 5.57 Å². The Labute approximate surface area is 159 Å². The van der Waals surface area contributed by atoms with Crippen LogP contribution in [-0.4, -0.2) is 37.3 Å². The van der Waals surface area contributed by atoms with E-state index < -0.39 is 5.97 Å². The number of aromatic nitrogens is 2. The molecule has 144 valence electrons. The second kappa shape index (κ2) is 9.02. The zero-order valence-corrected chi connectivity index (χ0v) is 16.4. The lowest BCUT2D eigenvalue weighted by Gasteiger charge is -2.16. The van der Waals surface area contributed by atoms with Crippen LogP contribution in [0.3, 0.4) is 0 Å². The molecule has 0 spiro atoms. The number of esters is 1. The minimum Gasteiger partial charge on any atom is -0.503 e. The van der Waals surface area contributed by atoms with Crippen molar-refractivity contribution in [2.75, 3.05) is 21.3 Å². The molecule has 0 amide bonds. The monoisotopic (exact) mass is 372 g/mol. The summed E-state index contributed by atoms with van der Waals surface area (Å²) >= 11 is 0. The number of carbonyl (C=O) groups excluding carboxylic acids is 1. The summed E-state index contributed by atoms with van der Waals surface area (Å²) in [5.41, 5.74) is 1.46. The molecule has 7 nitrogen and oxygen atoms in total. The van der Waals surface area contributed by atoms with Crippen LogP contribution in [-0.2, 0) is 14.3 Å². The summed E-state index contributed by atoms with van der Waals surface area (Å²) < 4.78 is 21.3. The van der Waals surface area contributed by atoms with Gasteiger partial charge in [-0.3, -0.25) is 0 Å². The number of methoxy groups -OCH3 is 3. The van der Waals surface area contributed by atoms with Gasteiger partial charge in [-0.2, -0.15) is 9.97 Å². The number of carbonyl (C=O) groups is 1. The zero-order chi connectivity index (χ0) is 20.0. The summed E-state index contributed by atoms with van der Waals surface area (Å²) in [6.07, 6.45) is 1.25. The van der Waals surface area contributed by atoms with Gasteiger partial charge < -0.3 is 18.9 Å². The smallest absolute Gasteiger partial charge is 0.342 e. The van der Waals surface area contributed by atoms with Crippen molar-refractivity contribution < 1.29 is 23.7 Å². The molecule has 0 bridgehead atoms. The summed E-state index contributed by atoms with van der Waals surface area (Å²) in [6.45, 7) is 5.90. The van der Waals surface area contributed by atoms with E-state index in [2.05, 4.69) is 23.8 Å². The molecule has 0 radical (unpaired) electrons. The number of hydrogen-bond donors (Lipinski definition) is 0. The molecule has 27 heavy (non-hydrogen) atoms. The Morgan fingerprint density at radius 3 is 2.41 bits per heavy atom. The summed E-state index contributed by atoms with van der Waals surface area (Å²) in [7, 11) is 4.16. The van der Waals surface area contributed by atoms with Crippen molar-refractivity contribution in [2.24, 2.45) is 0 Å². The number of benzene rings is 1. The number of aryl methyl sites for hydroxylation is 1. The maximum Gasteiger partial charge on any atom is 0.342 e. The number of rotatable bonds is 7. The standard InChI is InChI=1S/C20H24N2O5/c1-12(2)14-8-7-9-15(10-14)27-19-17(16(11-24-4)20(23)26-6)18(25-5)21-13(3)22-19/h7-12H,1-6H3/b16-11-. The molecular formula is C20H24N2O5. The fourth-order valence-electron chi connectivity index (χ4n) is 2.46. The highest BCUT2D eigenvalue weighted by Crippen LogP contribution is 2.36. The second-order valence-electron chi connectivity index (χ2n) is 6.05. The lowest BCUT2D eigenvalue weighted by Crippen LogP contribution is -2.10. The van der Waals surface area contributed by atoms with Gasteiger partial charge in [0.1, 0.15) is 22.7 Å². The van der Waals surface area contributed by atoms with Gasteiger partial charge in [0.25, 0.3) is 0 Å².